The Labute approximate surface area is 71.4 Å². The third-order valence-electron chi connectivity index (χ3n) is 1.38. The van der Waals surface area contributed by atoms with E-state index in [2.05, 4.69) is 4.74 Å². The maximum atomic E-state index is 11.0. The summed E-state index contributed by atoms with van der Waals surface area (Å²) in [5.74, 6) is -2.20. The highest BCUT2D eigenvalue weighted by Gasteiger charge is 2.25. The molecule has 0 radical (unpaired) electrons. The smallest absolute Gasteiger partial charge is 0.324 e. The first kappa shape index (κ1) is 10.4. The molecule has 0 aromatic carbocycles. The van der Waals surface area contributed by atoms with Crippen molar-refractivity contribution in [3.8, 4) is 12.1 Å². The summed E-state index contributed by atoms with van der Waals surface area (Å²) in [6, 6.07) is 3.57. The molecule has 0 unspecified atom stereocenters. The number of nitriles is 2. The number of nitrogens with zero attached hydrogens (tertiary/aromatic N) is 2. The van der Waals surface area contributed by atoms with Crippen molar-refractivity contribution < 1.29 is 9.53 Å². The van der Waals surface area contributed by atoms with Crippen molar-refractivity contribution in [2.75, 3.05) is 6.61 Å². The van der Waals surface area contributed by atoms with Gasteiger partial charge in [-0.15, -0.1) is 0 Å². The Kier molecular flexibility index (Phi) is 4.48. The second-order valence-electron chi connectivity index (χ2n) is 2.28. The lowest BCUT2D eigenvalue weighted by molar-refractivity contribution is -0.146. The molecule has 0 rings (SSSR count). The summed E-state index contributed by atoms with van der Waals surface area (Å²) in [7, 11) is 0. The maximum absolute atomic E-state index is 11.0. The molecule has 0 aromatic rings. The van der Waals surface area contributed by atoms with Gasteiger partial charge in [-0.05, 0) is 13.8 Å². The Morgan fingerprint density at radius 3 is 2.42 bits per heavy atom. The summed E-state index contributed by atoms with van der Waals surface area (Å²) >= 11 is 0. The minimum absolute atomic E-state index is 0.231. The van der Waals surface area contributed by atoms with Gasteiger partial charge in [0.05, 0.1) is 24.7 Å². The first-order chi connectivity index (χ1) is 5.67. The third kappa shape index (κ3) is 2.59. The average molecular weight is 166 g/mol. The molecule has 0 aliphatic rings. The minimum Gasteiger partial charge on any atom is -0.465 e. The fourth-order valence-corrected chi connectivity index (χ4v) is 0.675. The van der Waals surface area contributed by atoms with E-state index in [1.807, 2.05) is 6.07 Å². The SMILES string of the molecule is CCOC(=O)[C@@H](C#N)[C@@H](C)C#N. The Morgan fingerprint density at radius 2 is 2.08 bits per heavy atom. The summed E-state index contributed by atoms with van der Waals surface area (Å²) < 4.78 is 4.61. The zero-order valence-electron chi connectivity index (χ0n) is 7.07. The molecular formula is C8H10N2O2. The third-order valence-corrected chi connectivity index (χ3v) is 1.38. The van der Waals surface area contributed by atoms with E-state index in [1.54, 1.807) is 13.0 Å². The van der Waals surface area contributed by atoms with E-state index in [-0.39, 0.29) is 6.61 Å². The van der Waals surface area contributed by atoms with Crippen LogP contribution in [0, 0.1) is 34.5 Å². The molecule has 0 aliphatic heterocycles. The highest BCUT2D eigenvalue weighted by molar-refractivity contribution is 5.75. The highest BCUT2D eigenvalue weighted by Crippen LogP contribution is 2.11. The molecule has 0 amide bonds. The Bertz CT molecular complexity index is 236. The topological polar surface area (TPSA) is 73.9 Å². The largest absolute Gasteiger partial charge is 0.465 e. The van der Waals surface area contributed by atoms with Crippen LogP contribution in [-0.2, 0) is 9.53 Å². The van der Waals surface area contributed by atoms with Crippen LogP contribution in [0.4, 0.5) is 0 Å². The summed E-state index contributed by atoms with van der Waals surface area (Å²) in [5.41, 5.74) is 0. The van der Waals surface area contributed by atoms with Gasteiger partial charge in [0, 0.05) is 0 Å². The quantitative estimate of drug-likeness (QED) is 0.582. The van der Waals surface area contributed by atoms with Gasteiger partial charge in [-0.2, -0.15) is 10.5 Å². The first-order valence-corrected chi connectivity index (χ1v) is 3.63. The number of hydrogen-bond acceptors (Lipinski definition) is 4. The summed E-state index contributed by atoms with van der Waals surface area (Å²) in [6.45, 7) is 3.41. The highest BCUT2D eigenvalue weighted by atomic mass is 16.5. The van der Waals surface area contributed by atoms with Crippen LogP contribution in [0.15, 0.2) is 0 Å². The zero-order valence-corrected chi connectivity index (χ0v) is 7.07. The van der Waals surface area contributed by atoms with Gasteiger partial charge >= 0.3 is 5.97 Å². The number of rotatable bonds is 3. The van der Waals surface area contributed by atoms with E-state index in [1.165, 1.54) is 6.92 Å². The van der Waals surface area contributed by atoms with Crippen LogP contribution in [0.1, 0.15) is 13.8 Å². The van der Waals surface area contributed by atoms with E-state index in [0.717, 1.165) is 0 Å². The van der Waals surface area contributed by atoms with Crippen molar-refractivity contribution in [1.82, 2.24) is 0 Å². The lowest BCUT2D eigenvalue weighted by atomic mass is 9.97. The molecule has 0 saturated heterocycles. The van der Waals surface area contributed by atoms with Crippen LogP contribution in [0.5, 0.6) is 0 Å². The molecule has 2 atom stereocenters. The lowest BCUT2D eigenvalue weighted by Crippen LogP contribution is -2.21. The zero-order chi connectivity index (χ0) is 9.56. The molecule has 0 saturated carbocycles. The molecule has 0 aliphatic carbocycles. The van der Waals surface area contributed by atoms with Gasteiger partial charge in [-0.1, -0.05) is 0 Å². The number of esters is 1. The number of hydrogen-bond donors (Lipinski definition) is 0. The maximum Gasteiger partial charge on any atom is 0.324 e. The van der Waals surface area contributed by atoms with Crippen LogP contribution in [0.25, 0.3) is 0 Å². The molecule has 0 N–H and O–H groups in total. The van der Waals surface area contributed by atoms with Crippen LogP contribution in [0.2, 0.25) is 0 Å². The van der Waals surface area contributed by atoms with Crippen LogP contribution in [0.3, 0.4) is 0 Å². The van der Waals surface area contributed by atoms with Crippen molar-refractivity contribution in [2.45, 2.75) is 13.8 Å². The van der Waals surface area contributed by atoms with E-state index in [0.29, 0.717) is 0 Å². The number of carbonyl (C=O) groups is 1. The monoisotopic (exact) mass is 166 g/mol. The summed E-state index contributed by atoms with van der Waals surface area (Å²) in [6.07, 6.45) is 0. The van der Waals surface area contributed by atoms with Crippen LogP contribution < -0.4 is 0 Å². The van der Waals surface area contributed by atoms with Gasteiger partial charge in [0.1, 0.15) is 0 Å². The predicted octanol–water partition coefficient (Wildman–Crippen LogP) is 0.849. The second-order valence-corrected chi connectivity index (χ2v) is 2.28. The Balaban J connectivity index is 4.29. The molecule has 0 spiro atoms. The first-order valence-electron chi connectivity index (χ1n) is 3.63. The summed E-state index contributed by atoms with van der Waals surface area (Å²) in [4.78, 5) is 11.0. The molecular weight excluding hydrogens is 156 g/mol. The van der Waals surface area contributed by atoms with Crippen LogP contribution >= 0.6 is 0 Å². The van der Waals surface area contributed by atoms with Gasteiger partial charge < -0.3 is 4.74 Å². The standard InChI is InChI=1S/C8H10N2O2/c1-3-12-8(11)7(5-10)6(2)4-9/h6-7H,3H2,1-2H3/t6-,7-/m0/s1. The number of ether oxygens (including phenoxy) is 1. The molecule has 12 heavy (non-hydrogen) atoms. The van der Waals surface area contributed by atoms with E-state index < -0.39 is 17.8 Å². The Morgan fingerprint density at radius 1 is 1.50 bits per heavy atom. The fourth-order valence-electron chi connectivity index (χ4n) is 0.675. The molecule has 0 aromatic heterocycles. The second kappa shape index (κ2) is 5.15. The normalized spacial score (nSPS) is 13.7. The predicted molar refractivity (Wildman–Crippen MR) is 40.5 cm³/mol. The average Bonchev–Trinajstić information content (AvgIpc) is 2.06. The van der Waals surface area contributed by atoms with Crippen molar-refractivity contribution in [2.24, 2.45) is 11.8 Å². The van der Waals surface area contributed by atoms with Gasteiger partial charge in [-0.3, -0.25) is 4.79 Å². The van der Waals surface area contributed by atoms with Gasteiger partial charge in [-0.25, -0.2) is 0 Å². The van der Waals surface area contributed by atoms with Crippen molar-refractivity contribution in [1.29, 1.82) is 10.5 Å². The molecule has 0 fully saturated rings. The molecule has 64 valence electrons. The summed E-state index contributed by atoms with van der Waals surface area (Å²) in [5, 5.41) is 17.0. The number of carbonyl (C=O) groups excluding carboxylic acids is 1. The van der Waals surface area contributed by atoms with Crippen molar-refractivity contribution >= 4 is 5.97 Å². The molecule has 4 heteroatoms. The van der Waals surface area contributed by atoms with Crippen molar-refractivity contribution in [3.63, 3.8) is 0 Å². The lowest BCUT2D eigenvalue weighted by Gasteiger charge is -2.08. The molecule has 0 bridgehead atoms. The van der Waals surface area contributed by atoms with Gasteiger partial charge in [0.2, 0.25) is 0 Å². The molecule has 4 nitrogen and oxygen atoms in total. The van der Waals surface area contributed by atoms with E-state index in [9.17, 15) is 4.79 Å². The van der Waals surface area contributed by atoms with Crippen molar-refractivity contribution in [3.05, 3.63) is 0 Å². The van der Waals surface area contributed by atoms with Crippen LogP contribution in [-0.4, -0.2) is 12.6 Å². The molecule has 0 heterocycles. The van der Waals surface area contributed by atoms with Gasteiger partial charge in [0.25, 0.3) is 0 Å². The fraction of sp³-hybridized carbons (Fsp3) is 0.625. The Hall–Kier alpha value is -1.55. The van der Waals surface area contributed by atoms with E-state index in [4.69, 9.17) is 10.5 Å². The van der Waals surface area contributed by atoms with Gasteiger partial charge in [0.15, 0.2) is 5.92 Å². The minimum atomic E-state index is -0.963. The van der Waals surface area contributed by atoms with E-state index >= 15 is 0 Å².